The Labute approximate surface area is 180 Å². The van der Waals surface area contributed by atoms with Gasteiger partial charge in [0.25, 0.3) is 5.91 Å². The van der Waals surface area contributed by atoms with Crippen molar-refractivity contribution in [3.8, 4) is 22.8 Å². The minimum atomic E-state index is -0.583. The maximum absolute atomic E-state index is 13.4. The molecule has 0 saturated heterocycles. The Morgan fingerprint density at radius 2 is 1.77 bits per heavy atom. The van der Waals surface area contributed by atoms with E-state index >= 15 is 0 Å². The van der Waals surface area contributed by atoms with Gasteiger partial charge in [0.2, 0.25) is 0 Å². The van der Waals surface area contributed by atoms with Crippen LogP contribution < -0.4 is 9.47 Å². The number of rotatable bonds is 8. The zero-order valence-electron chi connectivity index (χ0n) is 17.9. The number of hydrogen-bond donors (Lipinski definition) is 1. The van der Waals surface area contributed by atoms with E-state index in [1.165, 1.54) is 0 Å². The molecule has 1 amide bonds. The Kier molecular flexibility index (Phi) is 5.92. The van der Waals surface area contributed by atoms with E-state index in [1.807, 2.05) is 48.5 Å². The first-order valence-corrected chi connectivity index (χ1v) is 9.85. The van der Waals surface area contributed by atoms with Crippen LogP contribution in [0.3, 0.4) is 0 Å². The molecule has 1 aromatic heterocycles. The molecule has 0 bridgehead atoms. The summed E-state index contributed by atoms with van der Waals surface area (Å²) in [7, 11) is 6.31. The highest BCUT2D eigenvalue weighted by molar-refractivity contribution is 6.00. The lowest BCUT2D eigenvalue weighted by Crippen LogP contribution is -2.38. The molecule has 1 aliphatic heterocycles. The highest BCUT2D eigenvalue weighted by Gasteiger charge is 2.44. The van der Waals surface area contributed by atoms with E-state index in [9.17, 15) is 4.79 Å². The van der Waals surface area contributed by atoms with Crippen LogP contribution in [0.5, 0.6) is 11.5 Å². The number of carbonyl (C=O) groups is 1. The number of carbonyl (C=O) groups excluding carboxylic acids is 1. The third-order valence-electron chi connectivity index (χ3n) is 5.51. The van der Waals surface area contributed by atoms with Crippen LogP contribution >= 0.6 is 0 Å². The molecule has 3 aromatic rings. The Morgan fingerprint density at radius 1 is 1.03 bits per heavy atom. The number of nitrogens with zero attached hydrogens (tertiary/aromatic N) is 2. The van der Waals surface area contributed by atoms with E-state index in [0.29, 0.717) is 22.9 Å². The number of aromatic amines is 1. The minimum Gasteiger partial charge on any atom is -0.497 e. The van der Waals surface area contributed by atoms with Gasteiger partial charge in [-0.25, -0.2) is 0 Å². The monoisotopic (exact) mass is 423 g/mol. The molecule has 8 nitrogen and oxygen atoms in total. The van der Waals surface area contributed by atoms with Gasteiger partial charge >= 0.3 is 0 Å². The fourth-order valence-corrected chi connectivity index (χ4v) is 3.98. The van der Waals surface area contributed by atoms with E-state index in [2.05, 4.69) is 10.2 Å². The van der Waals surface area contributed by atoms with Crippen molar-refractivity contribution in [2.24, 2.45) is 0 Å². The Hall–Kier alpha value is -3.36. The Bertz CT molecular complexity index is 1060. The third kappa shape index (κ3) is 3.64. The fraction of sp³-hybridized carbons (Fsp3) is 0.304. The van der Waals surface area contributed by atoms with E-state index in [4.69, 9.17) is 18.9 Å². The van der Waals surface area contributed by atoms with Crippen LogP contribution in [0.1, 0.15) is 27.7 Å². The lowest BCUT2D eigenvalue weighted by Gasteiger charge is -2.30. The summed E-state index contributed by atoms with van der Waals surface area (Å²) in [6.45, 7) is 0.230. The minimum absolute atomic E-state index is 0.182. The first-order valence-electron chi connectivity index (χ1n) is 9.85. The number of nitrogens with one attached hydrogen (secondary N) is 1. The van der Waals surface area contributed by atoms with Crippen molar-refractivity contribution in [2.75, 3.05) is 35.0 Å². The van der Waals surface area contributed by atoms with Crippen LogP contribution in [-0.4, -0.2) is 62.3 Å². The van der Waals surface area contributed by atoms with E-state index in [0.717, 1.165) is 16.7 Å². The third-order valence-corrected chi connectivity index (χ3v) is 5.51. The Balaban J connectivity index is 1.91. The van der Waals surface area contributed by atoms with Crippen molar-refractivity contribution in [3.63, 3.8) is 0 Å². The first-order chi connectivity index (χ1) is 15.1. The molecular formula is C23H25N3O5. The quantitative estimate of drug-likeness (QED) is 0.560. The maximum Gasteiger partial charge on any atom is 0.273 e. The molecule has 8 heteroatoms. The number of benzene rings is 2. The number of hydrogen-bond acceptors (Lipinski definition) is 6. The van der Waals surface area contributed by atoms with Gasteiger partial charge < -0.3 is 23.8 Å². The topological polar surface area (TPSA) is 85.9 Å². The summed E-state index contributed by atoms with van der Waals surface area (Å²) >= 11 is 0. The molecule has 31 heavy (non-hydrogen) atoms. The largest absolute Gasteiger partial charge is 0.497 e. The van der Waals surface area contributed by atoms with Crippen LogP contribution in [-0.2, 0) is 9.47 Å². The molecule has 0 fully saturated rings. The average Bonchev–Trinajstić information content (AvgIpc) is 3.36. The van der Waals surface area contributed by atoms with Crippen molar-refractivity contribution < 1.29 is 23.7 Å². The molecule has 1 unspecified atom stereocenters. The summed E-state index contributed by atoms with van der Waals surface area (Å²) < 4.78 is 21.9. The van der Waals surface area contributed by atoms with Crippen molar-refractivity contribution >= 4 is 5.91 Å². The van der Waals surface area contributed by atoms with E-state index in [1.54, 1.807) is 33.3 Å². The molecule has 2 heterocycles. The van der Waals surface area contributed by atoms with Gasteiger partial charge in [-0.05, 0) is 18.2 Å². The highest BCUT2D eigenvalue weighted by atomic mass is 16.7. The second-order valence-electron chi connectivity index (χ2n) is 7.10. The van der Waals surface area contributed by atoms with E-state index in [-0.39, 0.29) is 12.5 Å². The summed E-state index contributed by atoms with van der Waals surface area (Å²) in [5.74, 6) is 1.12. The number of H-pyrrole nitrogens is 1. The fourth-order valence-electron chi connectivity index (χ4n) is 3.98. The summed E-state index contributed by atoms with van der Waals surface area (Å²) in [5.41, 5.74) is 3.65. The molecule has 162 valence electrons. The van der Waals surface area contributed by atoms with Gasteiger partial charge in [-0.1, -0.05) is 30.3 Å². The number of ether oxygens (including phenoxy) is 4. The van der Waals surface area contributed by atoms with Crippen molar-refractivity contribution in [1.29, 1.82) is 0 Å². The van der Waals surface area contributed by atoms with Gasteiger partial charge in [-0.3, -0.25) is 9.89 Å². The normalized spacial score (nSPS) is 15.5. The van der Waals surface area contributed by atoms with Gasteiger partial charge in [0.15, 0.2) is 6.29 Å². The zero-order valence-corrected chi connectivity index (χ0v) is 17.9. The molecular weight excluding hydrogens is 398 g/mol. The molecule has 1 aliphatic rings. The number of amides is 1. The van der Waals surface area contributed by atoms with Crippen LogP contribution in [0.4, 0.5) is 0 Å². The molecule has 0 spiro atoms. The van der Waals surface area contributed by atoms with Crippen LogP contribution in [0.25, 0.3) is 11.3 Å². The second-order valence-corrected chi connectivity index (χ2v) is 7.10. The van der Waals surface area contributed by atoms with Crippen LogP contribution in [0, 0.1) is 0 Å². The standard InChI is InChI=1S/C23H25N3O5/c1-28-15-10-11-17(29-2)16(12-15)22-19-20(14-8-6-5-7-9-14)24-25-21(19)23(27)26(22)13-18(30-3)31-4/h5-12,18,22H,13H2,1-4H3,(H,24,25). The Morgan fingerprint density at radius 3 is 2.42 bits per heavy atom. The predicted octanol–water partition coefficient (Wildman–Crippen LogP) is 3.26. The molecule has 0 saturated carbocycles. The second kappa shape index (κ2) is 8.79. The summed E-state index contributed by atoms with van der Waals surface area (Å²) in [6, 6.07) is 14.8. The molecule has 2 aromatic carbocycles. The predicted molar refractivity (Wildman–Crippen MR) is 114 cm³/mol. The molecule has 0 aliphatic carbocycles. The number of methoxy groups -OCH3 is 4. The molecule has 1 N–H and O–H groups in total. The SMILES string of the molecule is COc1ccc(OC)c(C2c3c(-c4ccccc4)n[nH]c3C(=O)N2CC(OC)OC)c1. The van der Waals surface area contributed by atoms with Gasteiger partial charge in [-0.15, -0.1) is 0 Å². The van der Waals surface area contributed by atoms with Crippen molar-refractivity contribution in [3.05, 3.63) is 65.4 Å². The zero-order chi connectivity index (χ0) is 22.0. The van der Waals surface area contributed by atoms with Crippen LogP contribution in [0.2, 0.25) is 0 Å². The van der Waals surface area contributed by atoms with Gasteiger partial charge in [-0.2, -0.15) is 5.10 Å². The number of fused-ring (bicyclic) bond motifs is 1. The average molecular weight is 423 g/mol. The van der Waals surface area contributed by atoms with Gasteiger partial charge in [0.1, 0.15) is 17.2 Å². The summed E-state index contributed by atoms with van der Waals surface area (Å²) in [6.07, 6.45) is -0.583. The lowest BCUT2D eigenvalue weighted by molar-refractivity contribution is -0.113. The van der Waals surface area contributed by atoms with Gasteiger partial charge in [0.05, 0.1) is 32.5 Å². The smallest absolute Gasteiger partial charge is 0.273 e. The molecule has 4 rings (SSSR count). The number of aromatic nitrogens is 2. The van der Waals surface area contributed by atoms with Crippen LogP contribution in [0.15, 0.2) is 48.5 Å². The summed E-state index contributed by atoms with van der Waals surface area (Å²) in [5, 5.41) is 7.42. The van der Waals surface area contributed by atoms with Crippen molar-refractivity contribution in [1.82, 2.24) is 15.1 Å². The lowest BCUT2D eigenvalue weighted by atomic mass is 9.95. The molecule has 0 radical (unpaired) electrons. The highest BCUT2D eigenvalue weighted by Crippen LogP contribution is 2.46. The molecule has 1 atom stereocenters. The van der Waals surface area contributed by atoms with Gasteiger partial charge in [0, 0.05) is 30.9 Å². The first kappa shape index (κ1) is 20.9. The summed E-state index contributed by atoms with van der Waals surface area (Å²) in [4.78, 5) is 15.1. The van der Waals surface area contributed by atoms with E-state index < -0.39 is 12.3 Å². The maximum atomic E-state index is 13.4. The van der Waals surface area contributed by atoms with Crippen molar-refractivity contribution in [2.45, 2.75) is 12.3 Å².